The van der Waals surface area contributed by atoms with E-state index >= 15 is 0 Å². The topological polar surface area (TPSA) is 93.6 Å². The van der Waals surface area contributed by atoms with Gasteiger partial charge in [-0.3, -0.25) is 14.5 Å². The molecule has 0 radical (unpaired) electrons. The standard InChI is InChI=1S/C22H24N2O2.CH2O2/c1-15-3-2-4-19-20(15)13-21(23-22(19)26)17-7-5-16(6-8-17)14-24-11-9-18(25)10-12-24;2-1-3/h2-8,13,18,25H,9-12,14H2,1H3,(H,23,26);1H,(H,2,3). The first-order valence-electron chi connectivity index (χ1n) is 9.72. The molecule has 6 nitrogen and oxygen atoms in total. The van der Waals surface area contributed by atoms with Gasteiger partial charge in [-0.15, -0.1) is 0 Å². The van der Waals surface area contributed by atoms with E-state index in [1.807, 2.05) is 25.1 Å². The molecule has 0 unspecified atom stereocenters. The monoisotopic (exact) mass is 394 g/mol. The summed E-state index contributed by atoms with van der Waals surface area (Å²) in [6, 6.07) is 16.3. The van der Waals surface area contributed by atoms with Gasteiger partial charge in [-0.05, 0) is 54.0 Å². The first-order chi connectivity index (χ1) is 14.0. The third kappa shape index (κ3) is 5.10. The van der Waals surface area contributed by atoms with E-state index in [2.05, 4.69) is 40.2 Å². The molecule has 2 heterocycles. The van der Waals surface area contributed by atoms with Crippen molar-refractivity contribution >= 4 is 17.2 Å². The number of nitrogens with zero attached hydrogens (tertiary/aromatic N) is 1. The summed E-state index contributed by atoms with van der Waals surface area (Å²) in [4.78, 5) is 26.1. The Labute approximate surface area is 169 Å². The highest BCUT2D eigenvalue weighted by atomic mass is 16.3. The van der Waals surface area contributed by atoms with Crippen molar-refractivity contribution < 1.29 is 15.0 Å². The van der Waals surface area contributed by atoms with Gasteiger partial charge in [0.15, 0.2) is 0 Å². The number of fused-ring (bicyclic) bond motifs is 1. The summed E-state index contributed by atoms with van der Waals surface area (Å²) in [5.41, 5.74) is 4.19. The number of hydrogen-bond acceptors (Lipinski definition) is 4. The summed E-state index contributed by atoms with van der Waals surface area (Å²) in [5.74, 6) is 0. The fourth-order valence-electron chi connectivity index (χ4n) is 3.72. The van der Waals surface area contributed by atoms with E-state index in [9.17, 15) is 9.90 Å². The van der Waals surface area contributed by atoms with Crippen molar-refractivity contribution in [3.05, 3.63) is 70.0 Å². The zero-order chi connectivity index (χ0) is 20.8. The lowest BCUT2D eigenvalue weighted by atomic mass is 10.0. The molecule has 152 valence electrons. The lowest BCUT2D eigenvalue weighted by molar-refractivity contribution is -0.122. The molecular weight excluding hydrogens is 368 g/mol. The van der Waals surface area contributed by atoms with E-state index in [-0.39, 0.29) is 18.1 Å². The van der Waals surface area contributed by atoms with Crippen LogP contribution in [0.2, 0.25) is 0 Å². The van der Waals surface area contributed by atoms with Crippen molar-refractivity contribution in [1.29, 1.82) is 0 Å². The van der Waals surface area contributed by atoms with Crippen LogP contribution in [0.5, 0.6) is 0 Å². The third-order valence-corrected chi connectivity index (χ3v) is 5.33. The number of aliphatic hydroxyl groups is 1. The maximum Gasteiger partial charge on any atom is 0.290 e. The predicted octanol–water partition coefficient (Wildman–Crippen LogP) is 3.16. The third-order valence-electron chi connectivity index (χ3n) is 5.33. The smallest absolute Gasteiger partial charge is 0.290 e. The van der Waals surface area contributed by atoms with Crippen LogP contribution >= 0.6 is 0 Å². The Morgan fingerprint density at radius 3 is 2.41 bits per heavy atom. The maximum absolute atomic E-state index is 12.4. The fraction of sp³-hybridized carbons (Fsp3) is 0.304. The summed E-state index contributed by atoms with van der Waals surface area (Å²) in [6.07, 6.45) is 1.58. The van der Waals surface area contributed by atoms with Crippen LogP contribution < -0.4 is 5.56 Å². The van der Waals surface area contributed by atoms with E-state index in [1.165, 1.54) is 5.56 Å². The van der Waals surface area contributed by atoms with E-state index in [4.69, 9.17) is 9.90 Å². The highest BCUT2D eigenvalue weighted by molar-refractivity contribution is 5.87. The quantitative estimate of drug-likeness (QED) is 0.594. The van der Waals surface area contributed by atoms with E-state index < -0.39 is 0 Å². The predicted molar refractivity (Wildman–Crippen MR) is 114 cm³/mol. The van der Waals surface area contributed by atoms with Crippen molar-refractivity contribution in [2.45, 2.75) is 32.4 Å². The second-order valence-corrected chi connectivity index (χ2v) is 7.36. The number of rotatable bonds is 3. The van der Waals surface area contributed by atoms with Gasteiger partial charge in [0.05, 0.1) is 6.10 Å². The van der Waals surface area contributed by atoms with Crippen LogP contribution in [0.1, 0.15) is 24.0 Å². The van der Waals surface area contributed by atoms with Crippen LogP contribution in [-0.2, 0) is 11.3 Å². The highest BCUT2D eigenvalue weighted by Crippen LogP contribution is 2.23. The van der Waals surface area contributed by atoms with Crippen molar-refractivity contribution in [3.8, 4) is 11.3 Å². The molecule has 0 spiro atoms. The van der Waals surface area contributed by atoms with Crippen LogP contribution in [0.15, 0.2) is 53.3 Å². The van der Waals surface area contributed by atoms with Crippen LogP contribution in [0.3, 0.4) is 0 Å². The molecule has 1 aromatic heterocycles. The van der Waals surface area contributed by atoms with E-state index in [1.54, 1.807) is 0 Å². The Bertz CT molecular complexity index is 1020. The molecule has 0 saturated carbocycles. The molecule has 0 amide bonds. The summed E-state index contributed by atoms with van der Waals surface area (Å²) in [7, 11) is 0. The second-order valence-electron chi connectivity index (χ2n) is 7.36. The normalized spacial score (nSPS) is 15.0. The number of carboxylic acid groups (broad SMARTS) is 1. The van der Waals surface area contributed by atoms with Crippen molar-refractivity contribution in [3.63, 3.8) is 0 Å². The molecule has 1 fully saturated rings. The molecule has 0 atom stereocenters. The van der Waals surface area contributed by atoms with E-state index in [0.29, 0.717) is 0 Å². The number of likely N-dealkylation sites (tertiary alicyclic amines) is 1. The lowest BCUT2D eigenvalue weighted by Crippen LogP contribution is -2.35. The van der Waals surface area contributed by atoms with Crippen LogP contribution in [-0.4, -0.2) is 45.8 Å². The number of aromatic amines is 1. The number of hydrogen-bond donors (Lipinski definition) is 3. The number of pyridine rings is 1. The van der Waals surface area contributed by atoms with Crippen molar-refractivity contribution in [2.75, 3.05) is 13.1 Å². The van der Waals surface area contributed by atoms with Gasteiger partial charge in [-0.2, -0.15) is 0 Å². The average Bonchev–Trinajstić information content (AvgIpc) is 2.72. The van der Waals surface area contributed by atoms with Crippen LogP contribution in [0.25, 0.3) is 22.0 Å². The zero-order valence-corrected chi connectivity index (χ0v) is 16.5. The molecular formula is C23H26N2O4. The van der Waals surface area contributed by atoms with E-state index in [0.717, 1.165) is 60.1 Å². The van der Waals surface area contributed by atoms with Crippen LogP contribution in [0, 0.1) is 6.92 Å². The molecule has 3 N–H and O–H groups in total. The van der Waals surface area contributed by atoms with Crippen LogP contribution in [0.4, 0.5) is 0 Å². The SMILES string of the molecule is Cc1cccc2c(=O)[nH]c(-c3ccc(CN4CCC(O)CC4)cc3)cc12.O=CO. The minimum Gasteiger partial charge on any atom is -0.483 e. The number of benzene rings is 2. The highest BCUT2D eigenvalue weighted by Gasteiger charge is 2.16. The minimum absolute atomic E-state index is 0.0443. The number of aliphatic hydroxyl groups excluding tert-OH is 1. The molecule has 1 aliphatic rings. The first-order valence-corrected chi connectivity index (χ1v) is 9.72. The molecule has 3 aromatic rings. The Hall–Kier alpha value is -2.96. The Morgan fingerprint density at radius 2 is 1.76 bits per heavy atom. The molecule has 1 aliphatic heterocycles. The largest absolute Gasteiger partial charge is 0.483 e. The van der Waals surface area contributed by atoms with Gasteiger partial charge >= 0.3 is 0 Å². The molecule has 1 saturated heterocycles. The van der Waals surface area contributed by atoms with Crippen molar-refractivity contribution in [2.24, 2.45) is 0 Å². The molecule has 6 heteroatoms. The zero-order valence-electron chi connectivity index (χ0n) is 16.5. The summed E-state index contributed by atoms with van der Waals surface area (Å²) in [5, 5.41) is 18.2. The van der Waals surface area contributed by atoms with Gasteiger partial charge in [0, 0.05) is 30.7 Å². The number of aryl methyl sites for hydroxylation is 1. The molecule has 0 aliphatic carbocycles. The number of aromatic nitrogens is 1. The summed E-state index contributed by atoms with van der Waals surface area (Å²) >= 11 is 0. The summed E-state index contributed by atoms with van der Waals surface area (Å²) < 4.78 is 0. The molecule has 4 rings (SSSR count). The van der Waals surface area contributed by atoms with Gasteiger partial charge in [-0.25, -0.2) is 0 Å². The Balaban J connectivity index is 0.000000755. The van der Waals surface area contributed by atoms with Gasteiger partial charge in [0.1, 0.15) is 0 Å². The number of piperidine rings is 1. The first kappa shape index (κ1) is 20.8. The number of carbonyl (C=O) groups is 1. The van der Waals surface area contributed by atoms with Gasteiger partial charge in [-0.1, -0.05) is 36.4 Å². The molecule has 29 heavy (non-hydrogen) atoms. The lowest BCUT2D eigenvalue weighted by Gasteiger charge is -2.29. The summed E-state index contributed by atoms with van der Waals surface area (Å²) in [6.45, 7) is 4.57. The van der Waals surface area contributed by atoms with Gasteiger partial charge in [0.2, 0.25) is 0 Å². The Kier molecular flexibility index (Phi) is 6.80. The molecule has 2 aromatic carbocycles. The maximum atomic E-state index is 12.4. The average molecular weight is 394 g/mol. The second kappa shape index (κ2) is 9.49. The Morgan fingerprint density at radius 1 is 1.10 bits per heavy atom. The number of H-pyrrole nitrogens is 1. The minimum atomic E-state index is -0.250. The van der Waals surface area contributed by atoms with Gasteiger partial charge in [0.25, 0.3) is 12.0 Å². The molecule has 0 bridgehead atoms. The van der Waals surface area contributed by atoms with Gasteiger partial charge < -0.3 is 15.2 Å². The fourth-order valence-corrected chi connectivity index (χ4v) is 3.72. The van der Waals surface area contributed by atoms with Crippen molar-refractivity contribution in [1.82, 2.24) is 9.88 Å². The number of nitrogens with one attached hydrogen (secondary N) is 1.